The molecule has 2 aromatic carbocycles. The van der Waals surface area contributed by atoms with Gasteiger partial charge in [-0.3, -0.25) is 0 Å². The monoisotopic (exact) mass is 279 g/mol. The molecule has 1 aliphatic rings. The first-order valence-corrected chi connectivity index (χ1v) is 8.02. The lowest BCUT2D eigenvalue weighted by molar-refractivity contribution is 0.432. The summed E-state index contributed by atoms with van der Waals surface area (Å²) in [5.74, 6) is 0.592. The zero-order chi connectivity index (χ0) is 14.9. The minimum atomic E-state index is 0.135. The molecule has 3 rings (SSSR count). The molecule has 1 heteroatoms. The van der Waals surface area contributed by atoms with Crippen molar-refractivity contribution >= 4 is 0 Å². The van der Waals surface area contributed by atoms with E-state index in [4.69, 9.17) is 5.73 Å². The average molecular weight is 279 g/mol. The fraction of sp³-hybridized carbons (Fsp3) is 0.400. The van der Waals surface area contributed by atoms with Crippen LogP contribution in [0.2, 0.25) is 0 Å². The van der Waals surface area contributed by atoms with E-state index in [0.29, 0.717) is 5.92 Å². The van der Waals surface area contributed by atoms with E-state index in [1.165, 1.54) is 28.7 Å². The third-order valence-corrected chi connectivity index (χ3v) is 5.04. The molecule has 0 aromatic heterocycles. The van der Waals surface area contributed by atoms with E-state index in [9.17, 15) is 0 Å². The van der Waals surface area contributed by atoms with Crippen LogP contribution in [0.25, 0.3) is 0 Å². The summed E-state index contributed by atoms with van der Waals surface area (Å²) < 4.78 is 0. The molecule has 21 heavy (non-hydrogen) atoms. The van der Waals surface area contributed by atoms with Gasteiger partial charge < -0.3 is 5.73 Å². The number of nitrogens with two attached hydrogens (primary N) is 1. The van der Waals surface area contributed by atoms with E-state index in [1.54, 1.807) is 0 Å². The standard InChI is InChI=1S/C20H25N/c1-15(2)17-9-7-16(8-10-17)13-20(14-21)12-11-18-5-3-4-6-19(18)20/h3-10,15H,11-14,21H2,1-2H3. The SMILES string of the molecule is CC(C)c1ccc(CC2(CN)CCc3ccccc32)cc1. The van der Waals surface area contributed by atoms with Gasteiger partial charge in [0.05, 0.1) is 0 Å². The van der Waals surface area contributed by atoms with E-state index in [1.807, 2.05) is 0 Å². The fourth-order valence-electron chi connectivity index (χ4n) is 3.64. The largest absolute Gasteiger partial charge is 0.330 e. The average Bonchev–Trinajstić information content (AvgIpc) is 2.87. The van der Waals surface area contributed by atoms with E-state index in [-0.39, 0.29) is 5.41 Å². The van der Waals surface area contributed by atoms with Gasteiger partial charge in [0, 0.05) is 12.0 Å². The van der Waals surface area contributed by atoms with Crippen LogP contribution in [0.15, 0.2) is 48.5 Å². The Morgan fingerprint density at radius 1 is 1.05 bits per heavy atom. The highest BCUT2D eigenvalue weighted by atomic mass is 14.6. The van der Waals surface area contributed by atoms with Gasteiger partial charge in [0.25, 0.3) is 0 Å². The van der Waals surface area contributed by atoms with Crippen molar-refractivity contribution in [3.63, 3.8) is 0 Å². The van der Waals surface area contributed by atoms with Crippen molar-refractivity contribution in [2.24, 2.45) is 5.73 Å². The predicted octanol–water partition coefficient (Wildman–Crippen LogP) is 4.20. The molecule has 0 radical (unpaired) electrons. The first kappa shape index (κ1) is 14.3. The number of fused-ring (bicyclic) bond motifs is 1. The maximum Gasteiger partial charge on any atom is 0.0122 e. The first-order valence-electron chi connectivity index (χ1n) is 8.02. The molecular weight excluding hydrogens is 254 g/mol. The zero-order valence-corrected chi connectivity index (χ0v) is 13.1. The second-order valence-electron chi connectivity index (χ2n) is 6.71. The Morgan fingerprint density at radius 3 is 2.43 bits per heavy atom. The van der Waals surface area contributed by atoms with E-state index >= 15 is 0 Å². The molecule has 1 atom stereocenters. The van der Waals surface area contributed by atoms with Crippen molar-refractivity contribution in [2.45, 2.75) is 44.4 Å². The maximum atomic E-state index is 6.21. The molecule has 0 bridgehead atoms. The van der Waals surface area contributed by atoms with Crippen LogP contribution < -0.4 is 5.73 Å². The van der Waals surface area contributed by atoms with Gasteiger partial charge in [-0.05, 0) is 47.4 Å². The summed E-state index contributed by atoms with van der Waals surface area (Å²) in [6, 6.07) is 17.9. The quantitative estimate of drug-likeness (QED) is 0.892. The van der Waals surface area contributed by atoms with Crippen molar-refractivity contribution in [3.8, 4) is 0 Å². The highest BCUT2D eigenvalue weighted by Gasteiger charge is 2.37. The Hall–Kier alpha value is -1.60. The van der Waals surface area contributed by atoms with Crippen LogP contribution in [0.4, 0.5) is 0 Å². The Kier molecular flexibility index (Phi) is 3.86. The highest BCUT2D eigenvalue weighted by molar-refractivity contribution is 5.41. The number of hydrogen-bond donors (Lipinski definition) is 1. The zero-order valence-electron chi connectivity index (χ0n) is 13.1. The van der Waals surface area contributed by atoms with Crippen LogP contribution in [-0.2, 0) is 18.3 Å². The van der Waals surface area contributed by atoms with E-state index in [2.05, 4.69) is 62.4 Å². The van der Waals surface area contributed by atoms with Crippen LogP contribution in [-0.4, -0.2) is 6.54 Å². The Bertz CT molecular complexity index is 612. The molecule has 0 fully saturated rings. The summed E-state index contributed by atoms with van der Waals surface area (Å²) in [7, 11) is 0. The number of aryl methyl sites for hydroxylation is 1. The third-order valence-electron chi connectivity index (χ3n) is 5.04. The van der Waals surface area contributed by atoms with Crippen LogP contribution in [0, 0.1) is 0 Å². The second kappa shape index (κ2) is 5.65. The van der Waals surface area contributed by atoms with E-state index < -0.39 is 0 Å². The molecule has 1 unspecified atom stereocenters. The summed E-state index contributed by atoms with van der Waals surface area (Å²) in [5.41, 5.74) is 12.1. The molecule has 1 nitrogen and oxygen atoms in total. The van der Waals surface area contributed by atoms with Gasteiger partial charge in [-0.2, -0.15) is 0 Å². The number of rotatable bonds is 4. The number of benzene rings is 2. The lowest BCUT2D eigenvalue weighted by atomic mass is 9.76. The van der Waals surface area contributed by atoms with Gasteiger partial charge in [0.15, 0.2) is 0 Å². The smallest absolute Gasteiger partial charge is 0.0122 e. The van der Waals surface area contributed by atoms with Gasteiger partial charge in [-0.1, -0.05) is 62.4 Å². The molecule has 0 heterocycles. The lowest BCUT2D eigenvalue weighted by Crippen LogP contribution is -2.35. The van der Waals surface area contributed by atoms with Crippen molar-refractivity contribution < 1.29 is 0 Å². The van der Waals surface area contributed by atoms with Crippen LogP contribution in [0.3, 0.4) is 0 Å². The van der Waals surface area contributed by atoms with Crippen LogP contribution in [0.1, 0.15) is 48.4 Å². The normalized spacial score (nSPS) is 20.8. The van der Waals surface area contributed by atoms with Gasteiger partial charge in [0.1, 0.15) is 0 Å². The predicted molar refractivity (Wildman–Crippen MR) is 89.7 cm³/mol. The lowest BCUT2D eigenvalue weighted by Gasteiger charge is -2.29. The Labute approximate surface area is 128 Å². The Morgan fingerprint density at radius 2 is 1.76 bits per heavy atom. The molecule has 0 saturated carbocycles. The topological polar surface area (TPSA) is 26.0 Å². The molecule has 2 N–H and O–H groups in total. The highest BCUT2D eigenvalue weighted by Crippen LogP contribution is 2.40. The first-order chi connectivity index (χ1) is 10.1. The summed E-state index contributed by atoms with van der Waals surface area (Å²) >= 11 is 0. The molecule has 0 aliphatic heterocycles. The third kappa shape index (κ3) is 2.63. The van der Waals surface area contributed by atoms with Crippen molar-refractivity contribution in [2.75, 3.05) is 6.54 Å². The van der Waals surface area contributed by atoms with E-state index in [0.717, 1.165) is 19.4 Å². The van der Waals surface area contributed by atoms with Crippen molar-refractivity contribution in [1.29, 1.82) is 0 Å². The molecular formula is C20H25N. The second-order valence-corrected chi connectivity index (χ2v) is 6.71. The molecule has 1 aliphatic carbocycles. The summed E-state index contributed by atoms with van der Waals surface area (Å²) in [6.45, 7) is 5.21. The maximum absolute atomic E-state index is 6.21. The van der Waals surface area contributed by atoms with Crippen LogP contribution >= 0.6 is 0 Å². The molecule has 2 aromatic rings. The van der Waals surface area contributed by atoms with Crippen LogP contribution in [0.5, 0.6) is 0 Å². The summed E-state index contributed by atoms with van der Waals surface area (Å²) in [5, 5.41) is 0. The fourth-order valence-corrected chi connectivity index (χ4v) is 3.64. The van der Waals surface area contributed by atoms with Gasteiger partial charge in [-0.15, -0.1) is 0 Å². The molecule has 110 valence electrons. The Balaban J connectivity index is 1.89. The van der Waals surface area contributed by atoms with Gasteiger partial charge in [-0.25, -0.2) is 0 Å². The van der Waals surface area contributed by atoms with Gasteiger partial charge in [0.2, 0.25) is 0 Å². The molecule has 0 amide bonds. The number of hydrogen-bond acceptors (Lipinski definition) is 1. The summed E-state index contributed by atoms with van der Waals surface area (Å²) in [4.78, 5) is 0. The van der Waals surface area contributed by atoms with Crippen molar-refractivity contribution in [1.82, 2.24) is 0 Å². The van der Waals surface area contributed by atoms with Gasteiger partial charge >= 0.3 is 0 Å². The molecule has 0 saturated heterocycles. The minimum absolute atomic E-state index is 0.135. The summed E-state index contributed by atoms with van der Waals surface area (Å²) in [6.07, 6.45) is 3.39. The van der Waals surface area contributed by atoms with Crippen molar-refractivity contribution in [3.05, 3.63) is 70.8 Å². The molecule has 0 spiro atoms. The minimum Gasteiger partial charge on any atom is -0.330 e.